The standard InChI is InChI=1S/C15H14O2S/c1-11-9-10-18-15(11)8-7-14(16)12-3-5-13(17-2)6-4-12/h3-10H,1-2H3/b8-7+. The number of benzene rings is 1. The average Bonchev–Trinajstić information content (AvgIpc) is 2.81. The van der Waals surface area contributed by atoms with Crippen molar-refractivity contribution in [3.8, 4) is 5.75 Å². The quantitative estimate of drug-likeness (QED) is 0.613. The normalized spacial score (nSPS) is 10.8. The third-order valence-corrected chi connectivity index (χ3v) is 3.65. The first kappa shape index (κ1) is 12.6. The molecule has 1 aromatic heterocycles. The first-order chi connectivity index (χ1) is 8.70. The molecule has 0 atom stereocenters. The molecule has 0 N–H and O–H groups in total. The number of carbonyl (C=O) groups is 1. The highest BCUT2D eigenvalue weighted by atomic mass is 32.1. The Kier molecular flexibility index (Phi) is 3.95. The SMILES string of the molecule is COc1ccc(C(=O)/C=C/c2sccc2C)cc1. The molecule has 0 spiro atoms. The zero-order valence-electron chi connectivity index (χ0n) is 10.3. The van der Waals surface area contributed by atoms with Crippen molar-refractivity contribution >= 4 is 23.2 Å². The minimum Gasteiger partial charge on any atom is -0.497 e. The van der Waals surface area contributed by atoms with Gasteiger partial charge in [0.1, 0.15) is 5.75 Å². The molecule has 1 heterocycles. The van der Waals surface area contributed by atoms with E-state index in [9.17, 15) is 4.79 Å². The lowest BCUT2D eigenvalue weighted by molar-refractivity contribution is 0.104. The van der Waals surface area contributed by atoms with Gasteiger partial charge < -0.3 is 4.74 Å². The Labute approximate surface area is 111 Å². The van der Waals surface area contributed by atoms with E-state index in [0.717, 1.165) is 10.6 Å². The number of methoxy groups -OCH3 is 1. The van der Waals surface area contributed by atoms with Crippen LogP contribution in [-0.4, -0.2) is 12.9 Å². The predicted molar refractivity (Wildman–Crippen MR) is 75.4 cm³/mol. The van der Waals surface area contributed by atoms with Crippen LogP contribution in [0.5, 0.6) is 5.75 Å². The number of ketones is 1. The summed E-state index contributed by atoms with van der Waals surface area (Å²) < 4.78 is 5.06. The van der Waals surface area contributed by atoms with E-state index in [0.29, 0.717) is 5.56 Å². The molecule has 0 aliphatic rings. The Morgan fingerprint density at radius 2 is 1.94 bits per heavy atom. The maximum absolute atomic E-state index is 11.9. The van der Waals surface area contributed by atoms with Gasteiger partial charge >= 0.3 is 0 Å². The van der Waals surface area contributed by atoms with Crippen molar-refractivity contribution in [3.05, 3.63) is 57.8 Å². The highest BCUT2D eigenvalue weighted by molar-refractivity contribution is 7.11. The summed E-state index contributed by atoms with van der Waals surface area (Å²) in [6.45, 7) is 2.04. The smallest absolute Gasteiger partial charge is 0.185 e. The van der Waals surface area contributed by atoms with Crippen LogP contribution in [-0.2, 0) is 0 Å². The van der Waals surface area contributed by atoms with E-state index in [-0.39, 0.29) is 5.78 Å². The van der Waals surface area contributed by atoms with Gasteiger partial charge in [-0.25, -0.2) is 0 Å². The monoisotopic (exact) mass is 258 g/mol. The minimum absolute atomic E-state index is 0.00505. The van der Waals surface area contributed by atoms with Crippen LogP contribution in [0, 0.1) is 6.92 Å². The molecule has 0 amide bonds. The summed E-state index contributed by atoms with van der Waals surface area (Å²) in [5.74, 6) is 0.759. The molecule has 2 aromatic rings. The number of hydrogen-bond donors (Lipinski definition) is 0. The van der Waals surface area contributed by atoms with Gasteiger partial charge in [-0.05, 0) is 60.4 Å². The second kappa shape index (κ2) is 5.65. The van der Waals surface area contributed by atoms with Crippen molar-refractivity contribution in [1.29, 1.82) is 0 Å². The van der Waals surface area contributed by atoms with Crippen molar-refractivity contribution in [3.63, 3.8) is 0 Å². The van der Waals surface area contributed by atoms with Gasteiger partial charge in [-0.2, -0.15) is 0 Å². The number of hydrogen-bond acceptors (Lipinski definition) is 3. The number of rotatable bonds is 4. The van der Waals surface area contributed by atoms with Crippen LogP contribution in [0.2, 0.25) is 0 Å². The van der Waals surface area contributed by atoms with Gasteiger partial charge in [-0.3, -0.25) is 4.79 Å². The van der Waals surface area contributed by atoms with Crippen molar-refractivity contribution < 1.29 is 9.53 Å². The van der Waals surface area contributed by atoms with Gasteiger partial charge in [0.05, 0.1) is 7.11 Å². The summed E-state index contributed by atoms with van der Waals surface area (Å²) in [6.07, 6.45) is 3.48. The number of allylic oxidation sites excluding steroid dienone is 1. The Morgan fingerprint density at radius 1 is 1.22 bits per heavy atom. The van der Waals surface area contributed by atoms with Gasteiger partial charge in [0, 0.05) is 10.4 Å². The molecule has 92 valence electrons. The molecule has 3 heteroatoms. The molecule has 0 saturated heterocycles. The minimum atomic E-state index is 0.00505. The lowest BCUT2D eigenvalue weighted by Crippen LogP contribution is -1.93. The molecule has 0 fully saturated rings. The van der Waals surface area contributed by atoms with Gasteiger partial charge in [-0.1, -0.05) is 0 Å². The van der Waals surface area contributed by atoms with Crippen molar-refractivity contribution in [2.45, 2.75) is 6.92 Å². The van der Waals surface area contributed by atoms with E-state index < -0.39 is 0 Å². The van der Waals surface area contributed by atoms with Crippen LogP contribution in [0.1, 0.15) is 20.8 Å². The van der Waals surface area contributed by atoms with Crippen molar-refractivity contribution in [2.24, 2.45) is 0 Å². The first-order valence-electron chi connectivity index (χ1n) is 5.61. The summed E-state index contributed by atoms with van der Waals surface area (Å²) in [5.41, 5.74) is 1.86. The number of carbonyl (C=O) groups excluding carboxylic acids is 1. The van der Waals surface area contributed by atoms with Crippen LogP contribution >= 0.6 is 11.3 Å². The van der Waals surface area contributed by atoms with E-state index in [1.165, 1.54) is 5.56 Å². The van der Waals surface area contributed by atoms with Crippen LogP contribution in [0.4, 0.5) is 0 Å². The predicted octanol–water partition coefficient (Wildman–Crippen LogP) is 3.96. The van der Waals surface area contributed by atoms with Crippen LogP contribution < -0.4 is 4.74 Å². The first-order valence-corrected chi connectivity index (χ1v) is 6.49. The average molecular weight is 258 g/mol. The second-order valence-electron chi connectivity index (χ2n) is 3.89. The topological polar surface area (TPSA) is 26.3 Å². The maximum Gasteiger partial charge on any atom is 0.185 e. The van der Waals surface area contributed by atoms with Crippen LogP contribution in [0.15, 0.2) is 41.8 Å². The lowest BCUT2D eigenvalue weighted by Gasteiger charge is -2.00. The molecule has 0 saturated carbocycles. The fourth-order valence-electron chi connectivity index (χ4n) is 1.56. The third-order valence-electron chi connectivity index (χ3n) is 2.66. The van der Waals surface area contributed by atoms with Gasteiger partial charge in [-0.15, -0.1) is 11.3 Å². The van der Waals surface area contributed by atoms with E-state index in [2.05, 4.69) is 0 Å². The molecule has 0 bridgehead atoms. The van der Waals surface area contributed by atoms with Crippen LogP contribution in [0.25, 0.3) is 6.08 Å². The Morgan fingerprint density at radius 3 is 2.50 bits per heavy atom. The molecule has 1 aromatic carbocycles. The summed E-state index contributed by atoms with van der Waals surface area (Å²) in [7, 11) is 1.61. The zero-order valence-corrected chi connectivity index (χ0v) is 11.2. The molecule has 0 radical (unpaired) electrons. The highest BCUT2D eigenvalue weighted by Crippen LogP contribution is 2.18. The van der Waals surface area contributed by atoms with E-state index in [4.69, 9.17) is 4.74 Å². The molecule has 0 aliphatic carbocycles. The highest BCUT2D eigenvalue weighted by Gasteiger charge is 2.02. The third kappa shape index (κ3) is 2.87. The fraction of sp³-hybridized carbons (Fsp3) is 0.133. The van der Waals surface area contributed by atoms with E-state index in [1.807, 2.05) is 24.4 Å². The molecule has 2 nitrogen and oxygen atoms in total. The van der Waals surface area contributed by atoms with Crippen molar-refractivity contribution in [1.82, 2.24) is 0 Å². The fourth-order valence-corrected chi connectivity index (χ4v) is 2.38. The Hall–Kier alpha value is -1.87. The lowest BCUT2D eigenvalue weighted by atomic mass is 10.1. The summed E-state index contributed by atoms with van der Waals surface area (Å²) >= 11 is 1.63. The maximum atomic E-state index is 11.9. The largest absolute Gasteiger partial charge is 0.497 e. The molecule has 0 aliphatic heterocycles. The second-order valence-corrected chi connectivity index (χ2v) is 4.84. The zero-order chi connectivity index (χ0) is 13.0. The molecule has 2 rings (SSSR count). The van der Waals surface area contributed by atoms with Gasteiger partial charge in [0.2, 0.25) is 0 Å². The van der Waals surface area contributed by atoms with E-state index in [1.54, 1.807) is 48.8 Å². The number of ether oxygens (including phenoxy) is 1. The van der Waals surface area contributed by atoms with Gasteiger partial charge in [0.15, 0.2) is 5.78 Å². The van der Waals surface area contributed by atoms with Crippen molar-refractivity contribution in [2.75, 3.05) is 7.11 Å². The molecule has 0 unspecified atom stereocenters. The Bertz CT molecular complexity index is 564. The number of thiophene rings is 1. The summed E-state index contributed by atoms with van der Waals surface area (Å²) in [6, 6.07) is 9.16. The van der Waals surface area contributed by atoms with E-state index >= 15 is 0 Å². The molecular formula is C15H14O2S. The van der Waals surface area contributed by atoms with Gasteiger partial charge in [0.25, 0.3) is 0 Å². The molecule has 18 heavy (non-hydrogen) atoms. The summed E-state index contributed by atoms with van der Waals surface area (Å²) in [5, 5.41) is 2.02. The molecular weight excluding hydrogens is 244 g/mol. The summed E-state index contributed by atoms with van der Waals surface area (Å²) in [4.78, 5) is 13.0. The number of aryl methyl sites for hydroxylation is 1. The van der Waals surface area contributed by atoms with Crippen LogP contribution in [0.3, 0.4) is 0 Å². The Balaban J connectivity index is 2.12.